The smallest absolute Gasteiger partial charge is 0.405 e. The number of hydrogen-bond acceptors (Lipinski definition) is 3. The molecule has 1 aromatic heterocycles. The van der Waals surface area contributed by atoms with Crippen LogP contribution in [-0.2, 0) is 5.54 Å². The lowest BCUT2D eigenvalue weighted by Gasteiger charge is -2.21. The fraction of sp³-hybridized carbons (Fsp3) is 0.333. The van der Waals surface area contributed by atoms with Crippen molar-refractivity contribution in [3.05, 3.63) is 29.5 Å². The molecule has 0 bridgehead atoms. The maximum atomic E-state index is 10.7. The minimum atomic E-state index is -1.08. The summed E-state index contributed by atoms with van der Waals surface area (Å²) >= 11 is 0. The second-order valence-corrected chi connectivity index (χ2v) is 4.54. The first kappa shape index (κ1) is 11.4. The molecule has 5 heteroatoms. The van der Waals surface area contributed by atoms with Crippen LogP contribution < -0.4 is 5.32 Å². The van der Waals surface area contributed by atoms with E-state index in [1.807, 2.05) is 25.1 Å². The fourth-order valence-corrected chi connectivity index (χ4v) is 1.88. The van der Waals surface area contributed by atoms with Gasteiger partial charge in [-0.2, -0.15) is 0 Å². The Kier molecular flexibility index (Phi) is 2.53. The summed E-state index contributed by atoms with van der Waals surface area (Å²) in [6.07, 6.45) is -1.08. The number of nitrogens with one attached hydrogen (secondary N) is 1. The molecule has 0 fully saturated rings. The third-order valence-electron chi connectivity index (χ3n) is 2.71. The minimum Gasteiger partial charge on any atom is -0.465 e. The van der Waals surface area contributed by atoms with Gasteiger partial charge in [-0.15, -0.1) is 0 Å². The highest BCUT2D eigenvalue weighted by molar-refractivity contribution is 5.83. The first-order valence-corrected chi connectivity index (χ1v) is 5.28. The van der Waals surface area contributed by atoms with E-state index in [0.29, 0.717) is 11.3 Å². The summed E-state index contributed by atoms with van der Waals surface area (Å²) in [7, 11) is 0. The summed E-state index contributed by atoms with van der Waals surface area (Å²) in [4.78, 5) is 10.7. The van der Waals surface area contributed by atoms with Gasteiger partial charge in [-0.25, -0.2) is 4.79 Å². The molecule has 2 N–H and O–H groups in total. The Hall–Kier alpha value is -2.04. The summed E-state index contributed by atoms with van der Waals surface area (Å²) in [6, 6.07) is 5.70. The zero-order chi connectivity index (χ0) is 12.6. The average Bonchev–Trinajstić information content (AvgIpc) is 2.61. The van der Waals surface area contributed by atoms with Gasteiger partial charge in [-0.05, 0) is 32.4 Å². The van der Waals surface area contributed by atoms with Crippen molar-refractivity contribution >= 4 is 17.1 Å². The minimum absolute atomic E-state index is 0.596. The van der Waals surface area contributed by atoms with E-state index in [0.717, 1.165) is 10.9 Å². The molecule has 0 spiro atoms. The molecule has 0 aliphatic carbocycles. The third-order valence-corrected chi connectivity index (χ3v) is 2.71. The number of aromatic nitrogens is 1. The van der Waals surface area contributed by atoms with E-state index in [9.17, 15) is 4.79 Å². The predicted octanol–water partition coefficient (Wildman–Crippen LogP) is 2.64. The molecular weight excluding hydrogens is 220 g/mol. The van der Waals surface area contributed by atoms with Crippen LogP contribution in [0.1, 0.15) is 25.1 Å². The topological polar surface area (TPSA) is 75.4 Å². The highest BCUT2D eigenvalue weighted by Crippen LogP contribution is 2.29. The van der Waals surface area contributed by atoms with Gasteiger partial charge in [0.25, 0.3) is 0 Å². The first-order chi connectivity index (χ1) is 7.92. The Morgan fingerprint density at radius 2 is 2.18 bits per heavy atom. The monoisotopic (exact) mass is 234 g/mol. The maximum Gasteiger partial charge on any atom is 0.405 e. The van der Waals surface area contributed by atoms with Crippen molar-refractivity contribution < 1.29 is 14.4 Å². The molecule has 0 radical (unpaired) electrons. The van der Waals surface area contributed by atoms with Gasteiger partial charge >= 0.3 is 6.09 Å². The van der Waals surface area contributed by atoms with Gasteiger partial charge in [0.05, 0.1) is 5.54 Å². The van der Waals surface area contributed by atoms with E-state index >= 15 is 0 Å². The Labute approximate surface area is 98.4 Å². The Balaban J connectivity index is 2.56. The van der Waals surface area contributed by atoms with Gasteiger partial charge in [-0.1, -0.05) is 17.3 Å². The van der Waals surface area contributed by atoms with Crippen molar-refractivity contribution in [1.82, 2.24) is 10.5 Å². The zero-order valence-electron chi connectivity index (χ0n) is 9.94. The lowest BCUT2D eigenvalue weighted by atomic mass is 9.97. The molecule has 17 heavy (non-hydrogen) atoms. The van der Waals surface area contributed by atoms with Gasteiger partial charge in [0.1, 0.15) is 5.69 Å². The highest BCUT2D eigenvalue weighted by atomic mass is 16.5. The number of fused-ring (bicyclic) bond motifs is 1. The van der Waals surface area contributed by atoms with Gasteiger partial charge in [0.2, 0.25) is 0 Å². The van der Waals surface area contributed by atoms with Crippen LogP contribution in [0.3, 0.4) is 0 Å². The van der Waals surface area contributed by atoms with Gasteiger partial charge < -0.3 is 14.9 Å². The lowest BCUT2D eigenvalue weighted by molar-refractivity contribution is 0.181. The quantitative estimate of drug-likeness (QED) is 0.837. The maximum absolute atomic E-state index is 10.7. The number of nitrogens with zero attached hydrogens (tertiary/aromatic N) is 1. The van der Waals surface area contributed by atoms with Crippen molar-refractivity contribution in [3.63, 3.8) is 0 Å². The summed E-state index contributed by atoms with van der Waals surface area (Å²) in [5.41, 5.74) is 1.49. The molecule has 0 saturated carbocycles. The molecule has 5 nitrogen and oxygen atoms in total. The zero-order valence-corrected chi connectivity index (χ0v) is 9.94. The molecule has 2 rings (SSSR count). The first-order valence-electron chi connectivity index (χ1n) is 5.28. The van der Waals surface area contributed by atoms with Gasteiger partial charge in [-0.3, -0.25) is 0 Å². The Bertz CT molecular complexity index is 572. The fourth-order valence-electron chi connectivity index (χ4n) is 1.88. The Morgan fingerprint density at radius 1 is 1.47 bits per heavy atom. The van der Waals surface area contributed by atoms with Crippen LogP contribution in [0, 0.1) is 6.92 Å². The van der Waals surface area contributed by atoms with Crippen LogP contribution >= 0.6 is 0 Å². The summed E-state index contributed by atoms with van der Waals surface area (Å²) in [6.45, 7) is 5.43. The van der Waals surface area contributed by atoms with Crippen LogP contribution in [0.4, 0.5) is 4.79 Å². The van der Waals surface area contributed by atoms with Crippen molar-refractivity contribution in [2.45, 2.75) is 26.3 Å². The molecule has 0 aliphatic rings. The van der Waals surface area contributed by atoms with Gasteiger partial charge in [0, 0.05) is 5.39 Å². The molecule has 0 unspecified atom stereocenters. The number of aryl methyl sites for hydroxylation is 1. The van der Waals surface area contributed by atoms with E-state index in [4.69, 9.17) is 9.63 Å². The van der Waals surface area contributed by atoms with E-state index in [1.54, 1.807) is 13.8 Å². The summed E-state index contributed by atoms with van der Waals surface area (Å²) in [5, 5.41) is 16.0. The molecule has 90 valence electrons. The number of rotatable bonds is 2. The SMILES string of the molecule is Cc1cccc2c(C(C)(C)NC(=O)O)noc12. The van der Waals surface area contributed by atoms with E-state index < -0.39 is 11.6 Å². The summed E-state index contributed by atoms with van der Waals surface area (Å²) < 4.78 is 5.26. The molecule has 1 heterocycles. The number of amides is 1. The number of para-hydroxylation sites is 1. The van der Waals surface area contributed by atoms with Crippen molar-refractivity contribution in [1.29, 1.82) is 0 Å². The van der Waals surface area contributed by atoms with Crippen molar-refractivity contribution in [2.75, 3.05) is 0 Å². The van der Waals surface area contributed by atoms with E-state index in [1.165, 1.54) is 0 Å². The number of hydrogen-bond donors (Lipinski definition) is 2. The molecular formula is C12H14N2O3. The van der Waals surface area contributed by atoms with Crippen LogP contribution in [0.5, 0.6) is 0 Å². The predicted molar refractivity (Wildman–Crippen MR) is 62.9 cm³/mol. The van der Waals surface area contributed by atoms with Crippen molar-refractivity contribution in [3.8, 4) is 0 Å². The molecule has 2 aromatic rings. The van der Waals surface area contributed by atoms with Crippen LogP contribution in [0.15, 0.2) is 22.7 Å². The third kappa shape index (κ3) is 1.95. The van der Waals surface area contributed by atoms with Crippen molar-refractivity contribution in [2.24, 2.45) is 0 Å². The molecule has 0 atom stereocenters. The molecule has 1 amide bonds. The van der Waals surface area contributed by atoms with Crippen LogP contribution in [0.2, 0.25) is 0 Å². The molecule has 1 aromatic carbocycles. The second-order valence-electron chi connectivity index (χ2n) is 4.54. The summed E-state index contributed by atoms with van der Waals surface area (Å²) in [5.74, 6) is 0. The average molecular weight is 234 g/mol. The number of benzene rings is 1. The van der Waals surface area contributed by atoms with Crippen LogP contribution in [-0.4, -0.2) is 16.4 Å². The highest BCUT2D eigenvalue weighted by Gasteiger charge is 2.29. The number of carbonyl (C=O) groups is 1. The Morgan fingerprint density at radius 3 is 2.82 bits per heavy atom. The van der Waals surface area contributed by atoms with E-state index in [2.05, 4.69) is 10.5 Å². The normalized spacial score (nSPS) is 11.7. The molecule has 0 aliphatic heterocycles. The number of carboxylic acid groups (broad SMARTS) is 1. The second kappa shape index (κ2) is 3.76. The lowest BCUT2D eigenvalue weighted by Crippen LogP contribution is -2.40. The van der Waals surface area contributed by atoms with Crippen LogP contribution in [0.25, 0.3) is 11.0 Å². The standard InChI is InChI=1S/C12H14N2O3/c1-7-5-4-6-8-9(7)17-14-10(8)12(2,3)13-11(15)16/h4-6,13H,1-3H3,(H,15,16). The van der Waals surface area contributed by atoms with E-state index in [-0.39, 0.29) is 0 Å². The molecule has 0 saturated heterocycles. The largest absolute Gasteiger partial charge is 0.465 e. The van der Waals surface area contributed by atoms with Gasteiger partial charge in [0.15, 0.2) is 5.58 Å².